The molecule has 1 heterocycles. The van der Waals surface area contributed by atoms with Gasteiger partial charge < -0.3 is 14.4 Å². The van der Waals surface area contributed by atoms with E-state index in [0.717, 1.165) is 37.2 Å². The SMILES string of the molecule is COc1cc(Cl)cc(CN(C)[C@@H]2C[C@@H]3CC(=O)N(C)C[C@@H]3C2)c1OC(C)C. The van der Waals surface area contributed by atoms with E-state index in [4.69, 9.17) is 21.1 Å². The minimum atomic E-state index is 0.0556. The van der Waals surface area contributed by atoms with Crippen LogP contribution in [0.25, 0.3) is 0 Å². The Morgan fingerprint density at radius 3 is 2.67 bits per heavy atom. The molecule has 0 aromatic heterocycles. The Kier molecular flexibility index (Phi) is 6.21. The van der Waals surface area contributed by atoms with Crippen molar-refractivity contribution >= 4 is 17.5 Å². The molecule has 1 amide bonds. The maximum Gasteiger partial charge on any atom is 0.222 e. The lowest BCUT2D eigenvalue weighted by atomic mass is 9.88. The van der Waals surface area contributed by atoms with Gasteiger partial charge in [-0.3, -0.25) is 9.69 Å². The summed E-state index contributed by atoms with van der Waals surface area (Å²) in [6, 6.07) is 4.24. The van der Waals surface area contributed by atoms with Crippen molar-refractivity contribution in [3.63, 3.8) is 0 Å². The Labute approximate surface area is 167 Å². The van der Waals surface area contributed by atoms with E-state index in [-0.39, 0.29) is 12.0 Å². The topological polar surface area (TPSA) is 42.0 Å². The Hall–Kier alpha value is -1.46. The summed E-state index contributed by atoms with van der Waals surface area (Å²) in [5, 5.41) is 0.652. The molecule has 1 saturated heterocycles. The van der Waals surface area contributed by atoms with Crippen molar-refractivity contribution < 1.29 is 14.3 Å². The zero-order valence-corrected chi connectivity index (χ0v) is 17.8. The van der Waals surface area contributed by atoms with Crippen molar-refractivity contribution in [1.29, 1.82) is 0 Å². The summed E-state index contributed by atoms with van der Waals surface area (Å²) in [5.41, 5.74) is 1.04. The van der Waals surface area contributed by atoms with Crippen molar-refractivity contribution in [2.75, 3.05) is 27.7 Å². The minimum Gasteiger partial charge on any atom is -0.493 e. The van der Waals surface area contributed by atoms with Crippen LogP contribution in [0.3, 0.4) is 0 Å². The highest BCUT2D eigenvalue weighted by molar-refractivity contribution is 6.30. The maximum absolute atomic E-state index is 12.0. The number of carbonyl (C=O) groups excluding carboxylic acids is 1. The summed E-state index contributed by atoms with van der Waals surface area (Å²) in [5.74, 6) is 2.86. The van der Waals surface area contributed by atoms with Crippen LogP contribution in [-0.4, -0.2) is 55.6 Å². The number of hydrogen-bond donors (Lipinski definition) is 0. The molecule has 0 N–H and O–H groups in total. The summed E-state index contributed by atoms with van der Waals surface area (Å²) >= 11 is 6.31. The molecule has 150 valence electrons. The number of hydrogen-bond acceptors (Lipinski definition) is 4. The molecule has 27 heavy (non-hydrogen) atoms. The summed E-state index contributed by atoms with van der Waals surface area (Å²) in [4.78, 5) is 16.3. The lowest BCUT2D eigenvalue weighted by molar-refractivity contribution is -0.134. The van der Waals surface area contributed by atoms with Crippen LogP contribution in [0.5, 0.6) is 11.5 Å². The number of piperidine rings is 1. The molecule has 0 spiro atoms. The molecule has 0 radical (unpaired) electrons. The molecule has 3 atom stereocenters. The second-order valence-electron chi connectivity index (χ2n) is 8.30. The molecule has 3 rings (SSSR count). The molecule has 1 aliphatic heterocycles. The first-order chi connectivity index (χ1) is 12.8. The predicted octanol–water partition coefficient (Wildman–Crippen LogP) is 3.82. The molecular formula is C21H31ClN2O3. The fourth-order valence-corrected chi connectivity index (χ4v) is 4.74. The highest BCUT2D eigenvalue weighted by Crippen LogP contribution is 2.41. The Balaban J connectivity index is 1.75. The molecule has 2 fully saturated rings. The largest absolute Gasteiger partial charge is 0.493 e. The van der Waals surface area contributed by atoms with Crippen LogP contribution in [-0.2, 0) is 11.3 Å². The highest BCUT2D eigenvalue weighted by Gasteiger charge is 2.41. The van der Waals surface area contributed by atoms with E-state index in [2.05, 4.69) is 11.9 Å². The van der Waals surface area contributed by atoms with E-state index < -0.39 is 0 Å². The number of amides is 1. The van der Waals surface area contributed by atoms with Crippen LogP contribution < -0.4 is 9.47 Å². The first-order valence-electron chi connectivity index (χ1n) is 9.75. The zero-order chi connectivity index (χ0) is 19.7. The Morgan fingerprint density at radius 2 is 2.00 bits per heavy atom. The molecular weight excluding hydrogens is 364 g/mol. The number of fused-ring (bicyclic) bond motifs is 1. The van der Waals surface area contributed by atoms with Gasteiger partial charge in [0.1, 0.15) is 0 Å². The van der Waals surface area contributed by atoms with Gasteiger partial charge in [0.15, 0.2) is 11.5 Å². The van der Waals surface area contributed by atoms with Crippen LogP contribution in [0.1, 0.15) is 38.7 Å². The average molecular weight is 395 g/mol. The third-order valence-electron chi connectivity index (χ3n) is 5.90. The summed E-state index contributed by atoms with van der Waals surface area (Å²) in [7, 11) is 5.71. The first-order valence-corrected chi connectivity index (χ1v) is 10.1. The molecule has 1 aliphatic carbocycles. The number of nitrogens with zero attached hydrogens (tertiary/aromatic N) is 2. The third kappa shape index (κ3) is 4.52. The lowest BCUT2D eigenvalue weighted by Crippen LogP contribution is -2.39. The highest BCUT2D eigenvalue weighted by atomic mass is 35.5. The van der Waals surface area contributed by atoms with E-state index in [1.165, 1.54) is 0 Å². The van der Waals surface area contributed by atoms with Gasteiger partial charge in [0, 0.05) is 49.3 Å². The summed E-state index contributed by atoms with van der Waals surface area (Å²) in [6.07, 6.45) is 2.97. The fourth-order valence-electron chi connectivity index (χ4n) is 4.51. The molecule has 0 unspecified atom stereocenters. The smallest absolute Gasteiger partial charge is 0.222 e. The van der Waals surface area contributed by atoms with E-state index >= 15 is 0 Å². The number of rotatable bonds is 6. The van der Waals surface area contributed by atoms with Crippen LogP contribution in [0, 0.1) is 11.8 Å². The lowest BCUT2D eigenvalue weighted by Gasteiger charge is -2.31. The molecule has 0 bridgehead atoms. The van der Waals surface area contributed by atoms with Gasteiger partial charge in [0.25, 0.3) is 0 Å². The minimum absolute atomic E-state index is 0.0556. The number of benzene rings is 1. The predicted molar refractivity (Wildman–Crippen MR) is 107 cm³/mol. The van der Waals surface area contributed by atoms with E-state index in [9.17, 15) is 4.79 Å². The third-order valence-corrected chi connectivity index (χ3v) is 6.12. The molecule has 1 aromatic rings. The van der Waals surface area contributed by atoms with Crippen LogP contribution in [0.15, 0.2) is 12.1 Å². The van der Waals surface area contributed by atoms with E-state index in [1.54, 1.807) is 13.2 Å². The van der Waals surface area contributed by atoms with E-state index in [1.807, 2.05) is 31.9 Å². The van der Waals surface area contributed by atoms with Gasteiger partial charge in [0.2, 0.25) is 5.91 Å². The first kappa shape index (κ1) is 20.3. The number of likely N-dealkylation sites (tertiary alicyclic amines) is 1. The zero-order valence-electron chi connectivity index (χ0n) is 17.0. The maximum atomic E-state index is 12.0. The summed E-state index contributed by atoms with van der Waals surface area (Å²) in [6.45, 7) is 5.65. The van der Waals surface area contributed by atoms with Crippen molar-refractivity contribution in [2.24, 2.45) is 11.8 Å². The Bertz CT molecular complexity index is 694. The second-order valence-corrected chi connectivity index (χ2v) is 8.74. The van der Waals surface area contributed by atoms with Gasteiger partial charge in [0.05, 0.1) is 13.2 Å². The molecule has 2 aliphatic rings. The number of ether oxygens (including phenoxy) is 2. The van der Waals surface area contributed by atoms with Crippen molar-refractivity contribution in [1.82, 2.24) is 9.80 Å². The van der Waals surface area contributed by atoms with Gasteiger partial charge in [-0.25, -0.2) is 0 Å². The van der Waals surface area contributed by atoms with E-state index in [0.29, 0.717) is 35.1 Å². The van der Waals surface area contributed by atoms with Gasteiger partial charge in [-0.2, -0.15) is 0 Å². The normalized spacial score (nSPS) is 25.3. The van der Waals surface area contributed by atoms with Gasteiger partial charge in [-0.15, -0.1) is 0 Å². The molecule has 5 nitrogen and oxygen atoms in total. The number of carbonyl (C=O) groups is 1. The molecule has 1 aromatic carbocycles. The van der Waals surface area contributed by atoms with Crippen LogP contribution >= 0.6 is 11.6 Å². The fraction of sp³-hybridized carbons (Fsp3) is 0.667. The second kappa shape index (κ2) is 8.27. The van der Waals surface area contributed by atoms with Crippen LogP contribution in [0.4, 0.5) is 0 Å². The van der Waals surface area contributed by atoms with Gasteiger partial charge in [-0.1, -0.05) is 11.6 Å². The van der Waals surface area contributed by atoms with Crippen molar-refractivity contribution in [2.45, 2.75) is 51.8 Å². The van der Waals surface area contributed by atoms with Gasteiger partial charge >= 0.3 is 0 Å². The standard InChI is InChI=1S/C21H31ClN2O3/c1-13(2)27-21-16(6-17(22)10-19(21)26-5)12-23(3)18-7-14-9-20(25)24(4)11-15(14)8-18/h6,10,13-15,18H,7-9,11-12H2,1-5H3/t14-,15+,18-/m1/s1. The molecule has 1 saturated carbocycles. The van der Waals surface area contributed by atoms with Crippen molar-refractivity contribution in [3.8, 4) is 11.5 Å². The Morgan fingerprint density at radius 1 is 1.30 bits per heavy atom. The molecule has 6 heteroatoms. The number of methoxy groups -OCH3 is 1. The number of halogens is 1. The van der Waals surface area contributed by atoms with Crippen molar-refractivity contribution in [3.05, 3.63) is 22.7 Å². The van der Waals surface area contributed by atoms with Crippen LogP contribution in [0.2, 0.25) is 5.02 Å². The monoisotopic (exact) mass is 394 g/mol. The average Bonchev–Trinajstić information content (AvgIpc) is 2.99. The quantitative estimate of drug-likeness (QED) is 0.735. The van der Waals surface area contributed by atoms with Gasteiger partial charge in [-0.05, 0) is 51.6 Å². The summed E-state index contributed by atoms with van der Waals surface area (Å²) < 4.78 is 11.6.